The maximum atomic E-state index is 12.4. The average molecular weight is 343 g/mol. The van der Waals surface area contributed by atoms with Gasteiger partial charge >= 0.3 is 6.09 Å². The molecule has 2 N–H and O–H groups in total. The van der Waals surface area contributed by atoms with Crippen LogP contribution in [0.25, 0.3) is 0 Å². The zero-order valence-corrected chi connectivity index (χ0v) is 14.6. The van der Waals surface area contributed by atoms with Gasteiger partial charge in [0.25, 0.3) is 0 Å². The van der Waals surface area contributed by atoms with Crippen molar-refractivity contribution in [3.8, 4) is 0 Å². The summed E-state index contributed by atoms with van der Waals surface area (Å²) in [5.41, 5.74) is -0.170. The Hall–Kier alpha value is -1.79. The lowest BCUT2D eigenvalue weighted by Crippen LogP contribution is -2.43. The summed E-state index contributed by atoms with van der Waals surface area (Å²) < 4.78 is 10.1. The molecule has 0 bridgehead atoms. The van der Waals surface area contributed by atoms with Crippen molar-refractivity contribution in [3.05, 3.63) is 34.9 Å². The Labute approximate surface area is 141 Å². The van der Waals surface area contributed by atoms with Gasteiger partial charge in [-0.05, 0) is 26.8 Å². The lowest BCUT2D eigenvalue weighted by atomic mass is 10.1. The van der Waals surface area contributed by atoms with Gasteiger partial charge < -0.3 is 20.1 Å². The van der Waals surface area contributed by atoms with Crippen molar-refractivity contribution >= 4 is 23.6 Å². The lowest BCUT2D eigenvalue weighted by molar-refractivity contribution is -0.123. The molecule has 0 heterocycles. The molecule has 0 aliphatic carbocycles. The largest absolute Gasteiger partial charge is 0.444 e. The van der Waals surface area contributed by atoms with E-state index in [4.69, 9.17) is 21.1 Å². The van der Waals surface area contributed by atoms with E-state index in [9.17, 15) is 9.59 Å². The van der Waals surface area contributed by atoms with E-state index >= 15 is 0 Å². The SMILES string of the molecule is COCCNC(=O)C(NC(=O)OC(C)(C)C)c1ccccc1Cl. The summed E-state index contributed by atoms with van der Waals surface area (Å²) in [6.45, 7) is 5.93. The predicted octanol–water partition coefficient (Wildman–Crippen LogP) is 2.67. The number of alkyl carbamates (subject to hydrolysis) is 1. The Bertz CT molecular complexity index is 543. The Balaban J connectivity index is 2.91. The molecule has 2 amide bonds. The number of rotatable bonds is 6. The first-order chi connectivity index (χ1) is 10.7. The first-order valence-corrected chi connectivity index (χ1v) is 7.63. The summed E-state index contributed by atoms with van der Waals surface area (Å²) in [5.74, 6) is -0.388. The minimum atomic E-state index is -0.949. The van der Waals surface area contributed by atoms with Gasteiger partial charge in [-0.15, -0.1) is 0 Å². The highest BCUT2D eigenvalue weighted by Crippen LogP contribution is 2.23. The maximum Gasteiger partial charge on any atom is 0.408 e. The molecule has 7 heteroatoms. The zero-order valence-electron chi connectivity index (χ0n) is 13.8. The number of hydrogen-bond acceptors (Lipinski definition) is 4. The molecular formula is C16H23ClN2O4. The monoisotopic (exact) mass is 342 g/mol. The first kappa shape index (κ1) is 19.3. The van der Waals surface area contributed by atoms with Crippen LogP contribution in [0.15, 0.2) is 24.3 Å². The second-order valence-corrected chi connectivity index (χ2v) is 6.29. The van der Waals surface area contributed by atoms with E-state index in [1.165, 1.54) is 7.11 Å². The molecule has 1 aromatic rings. The molecule has 1 aromatic carbocycles. The van der Waals surface area contributed by atoms with Gasteiger partial charge in [0.1, 0.15) is 11.6 Å². The van der Waals surface area contributed by atoms with Gasteiger partial charge in [0.2, 0.25) is 5.91 Å². The molecule has 23 heavy (non-hydrogen) atoms. The van der Waals surface area contributed by atoms with Crippen LogP contribution in [-0.2, 0) is 14.3 Å². The van der Waals surface area contributed by atoms with Gasteiger partial charge in [-0.3, -0.25) is 4.79 Å². The fourth-order valence-electron chi connectivity index (χ4n) is 1.80. The average Bonchev–Trinajstić information content (AvgIpc) is 2.44. The third-order valence-corrected chi connectivity index (χ3v) is 3.09. The highest BCUT2D eigenvalue weighted by Gasteiger charge is 2.27. The summed E-state index contributed by atoms with van der Waals surface area (Å²) in [4.78, 5) is 24.4. The van der Waals surface area contributed by atoms with E-state index in [0.29, 0.717) is 23.7 Å². The van der Waals surface area contributed by atoms with Crippen LogP contribution in [0.4, 0.5) is 4.79 Å². The number of carbonyl (C=O) groups excluding carboxylic acids is 2. The summed E-state index contributed by atoms with van der Waals surface area (Å²) in [6, 6.07) is 5.88. The Morgan fingerprint density at radius 3 is 2.48 bits per heavy atom. The quantitative estimate of drug-likeness (QED) is 0.779. The summed E-state index contributed by atoms with van der Waals surface area (Å²) in [7, 11) is 1.54. The number of hydrogen-bond donors (Lipinski definition) is 2. The van der Waals surface area contributed by atoms with Crippen molar-refractivity contribution in [3.63, 3.8) is 0 Å². The van der Waals surface area contributed by atoms with Gasteiger partial charge in [-0.2, -0.15) is 0 Å². The second kappa shape index (κ2) is 8.74. The smallest absolute Gasteiger partial charge is 0.408 e. The Kier molecular flexibility index (Phi) is 7.32. The number of halogens is 1. The van der Waals surface area contributed by atoms with Crippen LogP contribution < -0.4 is 10.6 Å². The van der Waals surface area contributed by atoms with Crippen LogP contribution >= 0.6 is 11.6 Å². The summed E-state index contributed by atoms with van der Waals surface area (Å²) in [6.07, 6.45) is -0.690. The first-order valence-electron chi connectivity index (χ1n) is 7.25. The number of nitrogens with one attached hydrogen (secondary N) is 2. The molecule has 1 rings (SSSR count). The molecule has 1 atom stereocenters. The maximum absolute atomic E-state index is 12.4. The van der Waals surface area contributed by atoms with E-state index < -0.39 is 17.7 Å². The molecule has 0 radical (unpaired) electrons. The standard InChI is InChI=1S/C16H23ClN2O4/c1-16(2,3)23-15(21)19-13(14(20)18-9-10-22-4)11-7-5-6-8-12(11)17/h5-8,13H,9-10H2,1-4H3,(H,18,20)(H,19,21). The lowest BCUT2D eigenvalue weighted by Gasteiger charge is -2.24. The number of ether oxygens (including phenoxy) is 2. The van der Waals surface area contributed by atoms with Gasteiger partial charge in [0.15, 0.2) is 0 Å². The van der Waals surface area contributed by atoms with E-state index in [0.717, 1.165) is 0 Å². The molecule has 0 aliphatic heterocycles. The highest BCUT2D eigenvalue weighted by molar-refractivity contribution is 6.31. The Morgan fingerprint density at radius 2 is 1.91 bits per heavy atom. The molecule has 0 saturated carbocycles. The highest BCUT2D eigenvalue weighted by atomic mass is 35.5. The van der Waals surface area contributed by atoms with Crippen molar-refractivity contribution in [1.82, 2.24) is 10.6 Å². The third kappa shape index (κ3) is 6.88. The van der Waals surface area contributed by atoms with Crippen molar-refractivity contribution in [1.29, 1.82) is 0 Å². The molecule has 0 aliphatic rings. The minimum Gasteiger partial charge on any atom is -0.444 e. The van der Waals surface area contributed by atoms with E-state index in [2.05, 4.69) is 10.6 Å². The second-order valence-electron chi connectivity index (χ2n) is 5.88. The van der Waals surface area contributed by atoms with Crippen molar-refractivity contribution in [2.24, 2.45) is 0 Å². The predicted molar refractivity (Wildman–Crippen MR) is 88.4 cm³/mol. The van der Waals surface area contributed by atoms with Crippen LogP contribution in [0.1, 0.15) is 32.4 Å². The molecule has 0 fully saturated rings. The van der Waals surface area contributed by atoms with Gasteiger partial charge in [0.05, 0.1) is 6.61 Å². The normalized spacial score (nSPS) is 12.4. The van der Waals surface area contributed by atoms with Crippen LogP contribution in [0, 0.1) is 0 Å². The number of methoxy groups -OCH3 is 1. The molecule has 128 valence electrons. The van der Waals surface area contributed by atoms with E-state index in [-0.39, 0.29) is 5.91 Å². The minimum absolute atomic E-state index is 0.326. The van der Waals surface area contributed by atoms with E-state index in [1.807, 2.05) is 0 Å². The topological polar surface area (TPSA) is 76.7 Å². The zero-order chi connectivity index (χ0) is 17.5. The van der Waals surface area contributed by atoms with Crippen LogP contribution in [0.3, 0.4) is 0 Å². The molecule has 6 nitrogen and oxygen atoms in total. The Morgan fingerprint density at radius 1 is 1.26 bits per heavy atom. The van der Waals surface area contributed by atoms with Crippen LogP contribution in [-0.4, -0.2) is 37.9 Å². The number of amides is 2. The van der Waals surface area contributed by atoms with Crippen molar-refractivity contribution in [2.75, 3.05) is 20.3 Å². The third-order valence-electron chi connectivity index (χ3n) is 2.74. The molecule has 1 unspecified atom stereocenters. The van der Waals surface area contributed by atoms with E-state index in [1.54, 1.807) is 45.0 Å². The molecule has 0 spiro atoms. The molecular weight excluding hydrogens is 320 g/mol. The number of benzene rings is 1. The van der Waals surface area contributed by atoms with Crippen molar-refractivity contribution < 1.29 is 19.1 Å². The number of carbonyl (C=O) groups is 2. The van der Waals surface area contributed by atoms with Gasteiger partial charge in [-0.1, -0.05) is 29.8 Å². The summed E-state index contributed by atoms with van der Waals surface area (Å²) >= 11 is 6.14. The van der Waals surface area contributed by atoms with Gasteiger partial charge in [0, 0.05) is 24.2 Å². The molecule has 0 saturated heterocycles. The fraction of sp³-hybridized carbons (Fsp3) is 0.500. The molecule has 0 aromatic heterocycles. The van der Waals surface area contributed by atoms with Crippen molar-refractivity contribution in [2.45, 2.75) is 32.4 Å². The summed E-state index contributed by atoms with van der Waals surface area (Å²) in [5, 5.41) is 5.63. The van der Waals surface area contributed by atoms with Gasteiger partial charge in [-0.25, -0.2) is 4.79 Å². The van der Waals surface area contributed by atoms with Crippen LogP contribution in [0.2, 0.25) is 5.02 Å². The fourth-order valence-corrected chi connectivity index (χ4v) is 2.04. The van der Waals surface area contributed by atoms with Crippen LogP contribution in [0.5, 0.6) is 0 Å².